The maximum Gasteiger partial charge on any atom is 0.805 e. The molecule has 0 spiro atoms. The van der Waals surface area contributed by atoms with E-state index in [4.69, 9.17) is 9.05 Å². The summed E-state index contributed by atoms with van der Waals surface area (Å²) >= 11 is 0. The molecular weight excluding hydrogens is 227 g/mol. The van der Waals surface area contributed by atoms with Crippen molar-refractivity contribution in [2.24, 2.45) is 0 Å². The van der Waals surface area contributed by atoms with Crippen LogP contribution in [0.15, 0.2) is 49.1 Å². The van der Waals surface area contributed by atoms with Gasteiger partial charge < -0.3 is 0 Å². The highest BCUT2D eigenvalue weighted by atomic mass is 31.1. The van der Waals surface area contributed by atoms with Crippen molar-refractivity contribution in [3.8, 4) is 11.5 Å². The minimum absolute atomic E-state index is 0.396. The topological polar surface area (TPSA) is 61.3 Å². The Balaban J connectivity index is 1.95. The van der Waals surface area contributed by atoms with Crippen molar-refractivity contribution in [2.45, 2.75) is 0 Å². The molecule has 0 aromatic carbocycles. The Morgan fingerprint density at radius 3 is 1.81 bits per heavy atom. The van der Waals surface area contributed by atoms with E-state index >= 15 is 0 Å². The minimum Gasteiger partial charge on any atom is -0.261 e. The van der Waals surface area contributed by atoms with Crippen LogP contribution in [0.3, 0.4) is 0 Å². The number of aromatic nitrogens is 2. The molecule has 0 aliphatic rings. The third-order valence-corrected chi connectivity index (χ3v) is 2.35. The van der Waals surface area contributed by atoms with Gasteiger partial charge in [0, 0.05) is 17.0 Å². The van der Waals surface area contributed by atoms with Crippen molar-refractivity contribution < 1.29 is 13.6 Å². The molecule has 0 radical (unpaired) electrons. The normalized spacial score (nSPS) is 9.50. The Kier molecular flexibility index (Phi) is 3.41. The van der Waals surface area contributed by atoms with Crippen LogP contribution in [0.4, 0.5) is 0 Å². The Hall–Kier alpha value is -2.00. The molecule has 0 saturated heterocycles. The molecule has 0 aliphatic heterocycles. The summed E-state index contributed by atoms with van der Waals surface area (Å²) in [5, 5.41) is 0. The average Bonchev–Trinajstić information content (AvgIpc) is 2.31. The quantitative estimate of drug-likeness (QED) is 0.762. The first kappa shape index (κ1) is 10.5. The fourth-order valence-corrected chi connectivity index (χ4v) is 1.59. The van der Waals surface area contributed by atoms with Crippen LogP contribution in [-0.2, 0) is 4.57 Å². The predicted molar refractivity (Wildman–Crippen MR) is 57.3 cm³/mol. The molecule has 6 heteroatoms. The largest absolute Gasteiger partial charge is 0.805 e. The van der Waals surface area contributed by atoms with Crippen LogP contribution in [0.25, 0.3) is 0 Å². The van der Waals surface area contributed by atoms with Crippen LogP contribution in [0.2, 0.25) is 0 Å². The summed E-state index contributed by atoms with van der Waals surface area (Å²) in [4.78, 5) is 7.65. The predicted octanol–water partition coefficient (Wildman–Crippen LogP) is 2.59. The van der Waals surface area contributed by atoms with Crippen molar-refractivity contribution in [1.82, 2.24) is 9.97 Å². The van der Waals surface area contributed by atoms with E-state index in [9.17, 15) is 4.57 Å². The Morgan fingerprint density at radius 1 is 0.938 bits per heavy atom. The number of hydrogen-bond donors (Lipinski definition) is 0. The molecule has 5 nitrogen and oxygen atoms in total. The SMILES string of the molecule is O=[P+](Oc1cccnc1)Oc1cccnc1. The van der Waals surface area contributed by atoms with Gasteiger partial charge in [0.05, 0.1) is 12.4 Å². The molecule has 2 heterocycles. The number of hydrogen-bond acceptors (Lipinski definition) is 5. The zero-order chi connectivity index (χ0) is 11.2. The van der Waals surface area contributed by atoms with E-state index in [-0.39, 0.29) is 0 Å². The molecule has 2 aromatic heterocycles. The molecule has 0 N–H and O–H groups in total. The van der Waals surface area contributed by atoms with Gasteiger partial charge in [0.1, 0.15) is 0 Å². The van der Waals surface area contributed by atoms with Crippen LogP contribution in [0, 0.1) is 0 Å². The van der Waals surface area contributed by atoms with Gasteiger partial charge in [-0.3, -0.25) is 9.97 Å². The maximum absolute atomic E-state index is 11.4. The van der Waals surface area contributed by atoms with E-state index < -0.39 is 8.25 Å². The second kappa shape index (κ2) is 5.19. The monoisotopic (exact) mass is 235 g/mol. The number of rotatable bonds is 4. The Bertz CT molecular complexity index is 421. The van der Waals surface area contributed by atoms with Crippen LogP contribution in [0.1, 0.15) is 0 Å². The van der Waals surface area contributed by atoms with Gasteiger partial charge in [-0.2, -0.15) is 0 Å². The fraction of sp³-hybridized carbons (Fsp3) is 0. The van der Waals surface area contributed by atoms with Crippen LogP contribution in [-0.4, -0.2) is 9.97 Å². The summed E-state index contributed by atoms with van der Waals surface area (Å²) in [6.45, 7) is 0. The van der Waals surface area contributed by atoms with Gasteiger partial charge in [-0.25, -0.2) is 9.05 Å². The highest BCUT2D eigenvalue weighted by Crippen LogP contribution is 2.28. The molecule has 16 heavy (non-hydrogen) atoms. The Labute approximate surface area is 93.0 Å². The van der Waals surface area contributed by atoms with E-state index in [1.807, 2.05) is 0 Å². The van der Waals surface area contributed by atoms with Gasteiger partial charge >= 0.3 is 8.25 Å². The molecule has 0 bridgehead atoms. The summed E-state index contributed by atoms with van der Waals surface area (Å²) in [5.74, 6) is 0.792. The summed E-state index contributed by atoms with van der Waals surface area (Å²) in [5.41, 5.74) is 0. The van der Waals surface area contributed by atoms with E-state index in [2.05, 4.69) is 9.97 Å². The van der Waals surface area contributed by atoms with E-state index in [1.165, 1.54) is 12.4 Å². The molecular formula is C10H8N2O3P+. The fourth-order valence-electron chi connectivity index (χ4n) is 0.993. The van der Waals surface area contributed by atoms with E-state index in [1.54, 1.807) is 36.7 Å². The smallest absolute Gasteiger partial charge is 0.261 e. The maximum atomic E-state index is 11.4. The summed E-state index contributed by atoms with van der Waals surface area (Å²) in [6.07, 6.45) is 6.11. The van der Waals surface area contributed by atoms with Crippen molar-refractivity contribution >= 4 is 8.25 Å². The lowest BCUT2D eigenvalue weighted by atomic mass is 10.5. The first-order valence-electron chi connectivity index (χ1n) is 4.48. The molecule has 0 fully saturated rings. The Morgan fingerprint density at radius 2 is 1.44 bits per heavy atom. The first-order valence-corrected chi connectivity index (χ1v) is 5.57. The van der Waals surface area contributed by atoms with Gasteiger partial charge in [-0.1, -0.05) is 0 Å². The molecule has 0 saturated carbocycles. The summed E-state index contributed by atoms with van der Waals surface area (Å²) < 4.78 is 21.5. The van der Waals surface area contributed by atoms with E-state index in [0.29, 0.717) is 11.5 Å². The first-order chi connectivity index (χ1) is 7.84. The van der Waals surface area contributed by atoms with Gasteiger partial charge in [-0.15, -0.1) is 0 Å². The molecule has 2 aromatic rings. The van der Waals surface area contributed by atoms with Crippen molar-refractivity contribution in [3.63, 3.8) is 0 Å². The molecule has 80 valence electrons. The molecule has 2 rings (SSSR count). The number of pyridine rings is 2. The van der Waals surface area contributed by atoms with Gasteiger partial charge in [0.15, 0.2) is 0 Å². The third-order valence-electron chi connectivity index (χ3n) is 1.63. The van der Waals surface area contributed by atoms with E-state index in [0.717, 1.165) is 0 Å². The minimum atomic E-state index is -2.26. The molecule has 0 atom stereocenters. The highest BCUT2D eigenvalue weighted by Gasteiger charge is 2.24. The van der Waals surface area contributed by atoms with Gasteiger partial charge in [0.2, 0.25) is 11.5 Å². The highest BCUT2D eigenvalue weighted by molar-refractivity contribution is 7.34. The third kappa shape index (κ3) is 3.00. The second-order valence-electron chi connectivity index (χ2n) is 2.78. The zero-order valence-electron chi connectivity index (χ0n) is 8.19. The molecule has 0 unspecified atom stereocenters. The van der Waals surface area contributed by atoms with Crippen molar-refractivity contribution in [2.75, 3.05) is 0 Å². The summed E-state index contributed by atoms with van der Waals surface area (Å²) in [7, 11) is -2.26. The molecule has 0 amide bonds. The number of nitrogens with zero attached hydrogens (tertiary/aromatic N) is 2. The lowest BCUT2D eigenvalue weighted by Crippen LogP contribution is -1.89. The lowest BCUT2D eigenvalue weighted by molar-refractivity contribution is 0.414. The molecule has 0 aliphatic carbocycles. The van der Waals surface area contributed by atoms with Crippen LogP contribution < -0.4 is 9.05 Å². The standard InChI is InChI=1S/C10H8N2O3P/c13-16(14-9-3-1-5-11-7-9)15-10-4-2-6-12-8-10/h1-8H/q+1. The van der Waals surface area contributed by atoms with Crippen LogP contribution in [0.5, 0.6) is 11.5 Å². The van der Waals surface area contributed by atoms with Crippen molar-refractivity contribution in [3.05, 3.63) is 49.1 Å². The van der Waals surface area contributed by atoms with Gasteiger partial charge in [-0.05, 0) is 24.3 Å². The van der Waals surface area contributed by atoms with Crippen molar-refractivity contribution in [1.29, 1.82) is 0 Å². The lowest BCUT2D eigenvalue weighted by Gasteiger charge is -1.92. The zero-order valence-corrected chi connectivity index (χ0v) is 9.08. The second-order valence-corrected chi connectivity index (χ2v) is 3.60. The van der Waals surface area contributed by atoms with Crippen LogP contribution >= 0.6 is 8.25 Å². The van der Waals surface area contributed by atoms with Gasteiger partial charge in [0.25, 0.3) is 0 Å². The average molecular weight is 235 g/mol. The summed E-state index contributed by atoms with van der Waals surface area (Å²) in [6, 6.07) is 6.66.